The molecule has 0 unspecified atom stereocenters. The van der Waals surface area contributed by atoms with E-state index in [9.17, 15) is 4.79 Å². The summed E-state index contributed by atoms with van der Waals surface area (Å²) in [6, 6.07) is 7.61. The van der Waals surface area contributed by atoms with Gasteiger partial charge in [-0.3, -0.25) is 4.79 Å². The van der Waals surface area contributed by atoms with E-state index in [0.29, 0.717) is 0 Å². The molecular formula is C10H11BrN2O. The van der Waals surface area contributed by atoms with Crippen molar-refractivity contribution in [1.82, 2.24) is 5.32 Å². The Morgan fingerprint density at radius 1 is 1.50 bits per heavy atom. The highest BCUT2D eigenvalue weighted by Gasteiger charge is 2.24. The van der Waals surface area contributed by atoms with E-state index < -0.39 is 0 Å². The number of hydrogen-bond donors (Lipinski definition) is 2. The van der Waals surface area contributed by atoms with E-state index in [1.807, 2.05) is 24.3 Å². The Morgan fingerprint density at radius 3 is 2.86 bits per heavy atom. The van der Waals surface area contributed by atoms with Crippen LogP contribution in [0.4, 0.5) is 5.69 Å². The highest BCUT2D eigenvalue weighted by atomic mass is 79.9. The van der Waals surface area contributed by atoms with Crippen molar-refractivity contribution in [2.24, 2.45) is 5.92 Å². The SMILES string of the molecule is O=C(Nc1cccc(Br)c1)C1CNC1. The lowest BCUT2D eigenvalue weighted by atomic mass is 10.0. The van der Waals surface area contributed by atoms with Crippen LogP contribution >= 0.6 is 15.9 Å². The second kappa shape index (κ2) is 4.11. The van der Waals surface area contributed by atoms with E-state index in [2.05, 4.69) is 26.6 Å². The number of carbonyl (C=O) groups is 1. The fourth-order valence-electron chi connectivity index (χ4n) is 1.28. The van der Waals surface area contributed by atoms with Crippen LogP contribution in [0.1, 0.15) is 0 Å². The van der Waals surface area contributed by atoms with E-state index >= 15 is 0 Å². The number of halogens is 1. The molecule has 1 aliphatic rings. The normalized spacial score (nSPS) is 16.1. The third-order valence-corrected chi connectivity index (χ3v) is 2.74. The van der Waals surface area contributed by atoms with Crippen molar-refractivity contribution in [3.8, 4) is 0 Å². The Bertz CT molecular complexity index is 350. The minimum absolute atomic E-state index is 0.0989. The molecule has 1 saturated heterocycles. The zero-order chi connectivity index (χ0) is 9.97. The second-order valence-electron chi connectivity index (χ2n) is 3.35. The molecule has 1 aliphatic heterocycles. The zero-order valence-corrected chi connectivity index (χ0v) is 9.17. The topological polar surface area (TPSA) is 41.1 Å². The number of benzene rings is 1. The zero-order valence-electron chi connectivity index (χ0n) is 7.59. The number of hydrogen-bond acceptors (Lipinski definition) is 2. The third-order valence-electron chi connectivity index (χ3n) is 2.24. The lowest BCUT2D eigenvalue weighted by Gasteiger charge is -2.25. The first-order valence-corrected chi connectivity index (χ1v) is 5.32. The van der Waals surface area contributed by atoms with Gasteiger partial charge < -0.3 is 10.6 Å². The van der Waals surface area contributed by atoms with Gasteiger partial charge >= 0.3 is 0 Å². The molecule has 0 radical (unpaired) electrons. The summed E-state index contributed by atoms with van der Waals surface area (Å²) in [5, 5.41) is 5.94. The predicted molar refractivity (Wildman–Crippen MR) is 59.1 cm³/mol. The van der Waals surface area contributed by atoms with Crippen LogP contribution in [0.25, 0.3) is 0 Å². The van der Waals surface area contributed by atoms with Gasteiger partial charge in [0.05, 0.1) is 5.92 Å². The molecule has 0 aromatic heterocycles. The van der Waals surface area contributed by atoms with E-state index in [-0.39, 0.29) is 11.8 Å². The summed E-state index contributed by atoms with van der Waals surface area (Å²) in [5.41, 5.74) is 0.844. The van der Waals surface area contributed by atoms with Crippen molar-refractivity contribution in [3.05, 3.63) is 28.7 Å². The maximum Gasteiger partial charge on any atom is 0.230 e. The highest BCUT2D eigenvalue weighted by Crippen LogP contribution is 2.16. The summed E-state index contributed by atoms with van der Waals surface area (Å²) in [7, 11) is 0. The Labute approximate surface area is 91.0 Å². The minimum atomic E-state index is 0.0989. The molecule has 1 aromatic rings. The molecule has 3 nitrogen and oxygen atoms in total. The fraction of sp³-hybridized carbons (Fsp3) is 0.300. The van der Waals surface area contributed by atoms with Crippen LogP contribution in [0, 0.1) is 5.92 Å². The predicted octanol–water partition coefficient (Wildman–Crippen LogP) is 1.61. The molecule has 1 fully saturated rings. The summed E-state index contributed by atoms with van der Waals surface area (Å²) in [5.74, 6) is 0.232. The van der Waals surface area contributed by atoms with Crippen LogP contribution in [0.5, 0.6) is 0 Å². The van der Waals surface area contributed by atoms with Gasteiger partial charge in [0, 0.05) is 23.2 Å². The van der Waals surface area contributed by atoms with E-state index in [1.54, 1.807) is 0 Å². The largest absolute Gasteiger partial charge is 0.326 e. The van der Waals surface area contributed by atoms with Crippen molar-refractivity contribution in [2.45, 2.75) is 0 Å². The maximum atomic E-state index is 11.5. The van der Waals surface area contributed by atoms with Gasteiger partial charge in [-0.15, -0.1) is 0 Å². The summed E-state index contributed by atoms with van der Waals surface area (Å²) in [6.45, 7) is 1.58. The van der Waals surface area contributed by atoms with Crippen LogP contribution in [-0.4, -0.2) is 19.0 Å². The first kappa shape index (κ1) is 9.68. The molecule has 0 bridgehead atoms. The molecule has 4 heteroatoms. The lowest BCUT2D eigenvalue weighted by Crippen LogP contribution is -2.48. The number of amides is 1. The monoisotopic (exact) mass is 254 g/mol. The van der Waals surface area contributed by atoms with Crippen LogP contribution in [-0.2, 0) is 4.79 Å². The number of rotatable bonds is 2. The van der Waals surface area contributed by atoms with Gasteiger partial charge in [-0.1, -0.05) is 22.0 Å². The highest BCUT2D eigenvalue weighted by molar-refractivity contribution is 9.10. The van der Waals surface area contributed by atoms with E-state index in [0.717, 1.165) is 23.2 Å². The van der Waals surface area contributed by atoms with Crippen molar-refractivity contribution in [3.63, 3.8) is 0 Å². The van der Waals surface area contributed by atoms with Crippen LogP contribution in [0.3, 0.4) is 0 Å². The minimum Gasteiger partial charge on any atom is -0.326 e. The van der Waals surface area contributed by atoms with Gasteiger partial charge in [-0.25, -0.2) is 0 Å². The van der Waals surface area contributed by atoms with Gasteiger partial charge in [0.2, 0.25) is 5.91 Å². The Kier molecular flexibility index (Phi) is 2.84. The number of anilines is 1. The van der Waals surface area contributed by atoms with Crippen molar-refractivity contribution in [1.29, 1.82) is 0 Å². The van der Waals surface area contributed by atoms with Crippen molar-refractivity contribution in [2.75, 3.05) is 18.4 Å². The van der Waals surface area contributed by atoms with Crippen molar-refractivity contribution >= 4 is 27.5 Å². The molecule has 0 atom stereocenters. The van der Waals surface area contributed by atoms with Crippen LogP contribution in [0.2, 0.25) is 0 Å². The first-order valence-electron chi connectivity index (χ1n) is 4.53. The molecule has 1 heterocycles. The summed E-state index contributed by atoms with van der Waals surface area (Å²) < 4.78 is 0.974. The van der Waals surface area contributed by atoms with Gasteiger partial charge in [-0.05, 0) is 18.2 Å². The van der Waals surface area contributed by atoms with E-state index in [1.165, 1.54) is 0 Å². The van der Waals surface area contributed by atoms with Crippen LogP contribution < -0.4 is 10.6 Å². The molecule has 74 valence electrons. The third kappa shape index (κ3) is 2.13. The average molecular weight is 255 g/mol. The summed E-state index contributed by atoms with van der Waals surface area (Å²) in [4.78, 5) is 11.5. The second-order valence-corrected chi connectivity index (χ2v) is 4.27. The average Bonchev–Trinajstić information content (AvgIpc) is 1.99. The molecular weight excluding hydrogens is 244 g/mol. The summed E-state index contributed by atoms with van der Waals surface area (Å²) in [6.07, 6.45) is 0. The van der Waals surface area contributed by atoms with Gasteiger partial charge in [0.25, 0.3) is 0 Å². The molecule has 1 amide bonds. The first-order chi connectivity index (χ1) is 6.75. The molecule has 0 aliphatic carbocycles. The molecule has 2 N–H and O–H groups in total. The van der Waals surface area contributed by atoms with Gasteiger partial charge in [0.1, 0.15) is 0 Å². The Balaban J connectivity index is 1.99. The molecule has 1 aromatic carbocycles. The number of nitrogens with one attached hydrogen (secondary N) is 2. The van der Waals surface area contributed by atoms with Crippen molar-refractivity contribution < 1.29 is 4.79 Å². The lowest BCUT2D eigenvalue weighted by molar-refractivity contribution is -0.121. The smallest absolute Gasteiger partial charge is 0.230 e. The molecule has 14 heavy (non-hydrogen) atoms. The number of carbonyl (C=O) groups excluding carboxylic acids is 1. The molecule has 0 saturated carbocycles. The van der Waals surface area contributed by atoms with Gasteiger partial charge in [0.15, 0.2) is 0 Å². The Hall–Kier alpha value is -0.870. The van der Waals surface area contributed by atoms with Crippen LogP contribution in [0.15, 0.2) is 28.7 Å². The standard InChI is InChI=1S/C10H11BrN2O/c11-8-2-1-3-9(4-8)13-10(14)7-5-12-6-7/h1-4,7,12H,5-6H2,(H,13,14). The molecule has 0 spiro atoms. The maximum absolute atomic E-state index is 11.5. The van der Waals surface area contributed by atoms with Gasteiger partial charge in [-0.2, -0.15) is 0 Å². The fourth-order valence-corrected chi connectivity index (χ4v) is 1.68. The Morgan fingerprint density at radius 2 is 2.29 bits per heavy atom. The van der Waals surface area contributed by atoms with E-state index in [4.69, 9.17) is 0 Å². The molecule has 2 rings (SSSR count). The quantitative estimate of drug-likeness (QED) is 0.842. The summed E-state index contributed by atoms with van der Waals surface area (Å²) >= 11 is 3.36.